The van der Waals surface area contributed by atoms with Crippen LogP contribution in [0.25, 0.3) is 0 Å². The fourth-order valence-corrected chi connectivity index (χ4v) is 3.53. The van der Waals surface area contributed by atoms with Gasteiger partial charge in [-0.05, 0) is 24.5 Å². The van der Waals surface area contributed by atoms with Crippen LogP contribution in [0.3, 0.4) is 0 Å². The van der Waals surface area contributed by atoms with E-state index in [0.29, 0.717) is 5.92 Å². The van der Waals surface area contributed by atoms with Crippen molar-refractivity contribution in [2.75, 3.05) is 0 Å². The van der Waals surface area contributed by atoms with E-state index in [1.807, 2.05) is 6.92 Å². The summed E-state index contributed by atoms with van der Waals surface area (Å²) < 4.78 is 22.7. The lowest BCUT2D eigenvalue weighted by Gasteiger charge is -2.09. The molecule has 1 fully saturated rings. The van der Waals surface area contributed by atoms with Crippen molar-refractivity contribution < 1.29 is 13.2 Å². The summed E-state index contributed by atoms with van der Waals surface area (Å²) in [5.41, 5.74) is 0.00694. The molecule has 1 amide bonds. The molecule has 0 saturated heterocycles. The largest absolute Gasteiger partial charge is 0.349 e. The van der Waals surface area contributed by atoms with Gasteiger partial charge in [-0.25, -0.2) is 8.42 Å². The molecule has 1 saturated carbocycles. The lowest BCUT2D eigenvalue weighted by molar-refractivity contribution is 0.0949. The van der Waals surface area contributed by atoms with Crippen molar-refractivity contribution in [3.63, 3.8) is 0 Å². The van der Waals surface area contributed by atoms with Crippen molar-refractivity contribution in [3.8, 4) is 0 Å². The molecule has 104 valence electrons. The average Bonchev–Trinajstić information content (AvgIpc) is 2.95. The zero-order valence-corrected chi connectivity index (χ0v) is 12.9. The summed E-state index contributed by atoms with van der Waals surface area (Å²) in [4.78, 5) is 11.6. The SMILES string of the molecule is CC1CC1NC(=O)c1cc(Cl)cc(S(=O)(=O)Cl)c1Cl. The van der Waals surface area contributed by atoms with Crippen molar-refractivity contribution in [2.45, 2.75) is 24.3 Å². The second kappa shape index (κ2) is 5.13. The zero-order chi connectivity index (χ0) is 14.4. The molecule has 1 aliphatic rings. The standard InChI is InChI=1S/C11H10Cl3NO3S/c1-5-2-8(5)15-11(16)7-3-6(12)4-9(10(7)13)19(14,17)18/h3-5,8H,2H2,1H3,(H,15,16). The highest BCUT2D eigenvalue weighted by Gasteiger charge is 2.34. The van der Waals surface area contributed by atoms with Gasteiger partial charge < -0.3 is 5.32 Å². The number of rotatable bonds is 3. The summed E-state index contributed by atoms with van der Waals surface area (Å²) in [7, 11) is 1.19. The molecular weight excluding hydrogens is 333 g/mol. The fraction of sp³-hybridized carbons (Fsp3) is 0.364. The van der Waals surface area contributed by atoms with E-state index in [-0.39, 0.29) is 26.5 Å². The third-order valence-electron chi connectivity index (χ3n) is 2.94. The maximum Gasteiger partial charge on any atom is 0.262 e. The lowest BCUT2D eigenvalue weighted by atomic mass is 10.2. The number of amides is 1. The number of hydrogen-bond donors (Lipinski definition) is 1. The van der Waals surface area contributed by atoms with Crippen LogP contribution in [0, 0.1) is 5.92 Å². The normalized spacial score (nSPS) is 22.1. The molecule has 2 rings (SSSR count). The Morgan fingerprint density at radius 1 is 1.37 bits per heavy atom. The van der Waals surface area contributed by atoms with Gasteiger partial charge in [-0.1, -0.05) is 30.1 Å². The number of carbonyl (C=O) groups is 1. The third kappa shape index (κ3) is 3.34. The number of hydrogen-bond acceptors (Lipinski definition) is 3. The summed E-state index contributed by atoms with van der Waals surface area (Å²) in [6.07, 6.45) is 0.893. The Morgan fingerprint density at radius 2 is 1.95 bits per heavy atom. The summed E-state index contributed by atoms with van der Waals surface area (Å²) in [6, 6.07) is 2.53. The average molecular weight is 343 g/mol. The Kier molecular flexibility index (Phi) is 4.02. The maximum atomic E-state index is 12.0. The molecule has 1 aromatic carbocycles. The first-order chi connectivity index (χ1) is 8.70. The quantitative estimate of drug-likeness (QED) is 0.859. The van der Waals surface area contributed by atoms with E-state index in [4.69, 9.17) is 33.9 Å². The molecule has 19 heavy (non-hydrogen) atoms. The smallest absolute Gasteiger partial charge is 0.262 e. The van der Waals surface area contributed by atoms with Gasteiger partial charge in [0.25, 0.3) is 15.0 Å². The van der Waals surface area contributed by atoms with Crippen LogP contribution in [0.4, 0.5) is 0 Å². The topological polar surface area (TPSA) is 63.2 Å². The highest BCUT2D eigenvalue weighted by Crippen LogP contribution is 2.33. The minimum absolute atomic E-state index is 0.00694. The first-order valence-corrected chi connectivity index (χ1v) is 8.51. The molecule has 1 N–H and O–H groups in total. The first-order valence-electron chi connectivity index (χ1n) is 5.44. The highest BCUT2D eigenvalue weighted by molar-refractivity contribution is 8.13. The van der Waals surface area contributed by atoms with Crippen molar-refractivity contribution in [1.29, 1.82) is 0 Å². The molecule has 1 aromatic rings. The maximum absolute atomic E-state index is 12.0. The zero-order valence-electron chi connectivity index (χ0n) is 9.78. The first kappa shape index (κ1) is 14.9. The summed E-state index contributed by atoms with van der Waals surface area (Å²) in [5.74, 6) is -0.0402. The van der Waals surface area contributed by atoms with E-state index in [2.05, 4.69) is 5.32 Å². The molecule has 2 unspecified atom stereocenters. The van der Waals surface area contributed by atoms with Crippen LogP contribution in [0.5, 0.6) is 0 Å². The molecule has 2 atom stereocenters. The van der Waals surface area contributed by atoms with Gasteiger partial charge in [-0.15, -0.1) is 0 Å². The van der Waals surface area contributed by atoms with E-state index >= 15 is 0 Å². The second-order valence-electron chi connectivity index (χ2n) is 4.50. The Hall–Kier alpha value is -0.490. The minimum atomic E-state index is -4.06. The van der Waals surface area contributed by atoms with Gasteiger partial charge in [-0.2, -0.15) is 0 Å². The van der Waals surface area contributed by atoms with Gasteiger partial charge in [0, 0.05) is 21.7 Å². The van der Waals surface area contributed by atoms with Gasteiger partial charge in [0.15, 0.2) is 0 Å². The molecule has 4 nitrogen and oxygen atoms in total. The number of halogens is 3. The highest BCUT2D eigenvalue weighted by atomic mass is 35.7. The molecule has 0 bridgehead atoms. The Morgan fingerprint density at radius 3 is 2.42 bits per heavy atom. The van der Waals surface area contributed by atoms with Crippen LogP contribution in [0.2, 0.25) is 10.0 Å². The molecule has 0 spiro atoms. The molecule has 0 aliphatic heterocycles. The van der Waals surface area contributed by atoms with Crippen LogP contribution in [-0.4, -0.2) is 20.4 Å². The summed E-state index contributed by atoms with van der Waals surface area (Å²) >= 11 is 11.7. The van der Waals surface area contributed by atoms with E-state index in [1.165, 1.54) is 6.07 Å². The Balaban J connectivity index is 2.40. The van der Waals surface area contributed by atoms with E-state index in [0.717, 1.165) is 12.5 Å². The number of benzene rings is 1. The van der Waals surface area contributed by atoms with E-state index in [1.54, 1.807) is 0 Å². The van der Waals surface area contributed by atoms with E-state index in [9.17, 15) is 13.2 Å². The van der Waals surface area contributed by atoms with Crippen LogP contribution >= 0.6 is 33.9 Å². The minimum Gasteiger partial charge on any atom is -0.349 e. The van der Waals surface area contributed by atoms with Crippen molar-refractivity contribution in [2.24, 2.45) is 5.92 Å². The second-order valence-corrected chi connectivity index (χ2v) is 7.85. The molecular formula is C11H10Cl3NO3S. The number of nitrogens with one attached hydrogen (secondary N) is 1. The summed E-state index contributed by atoms with van der Waals surface area (Å²) in [5, 5.41) is 2.61. The molecule has 0 radical (unpaired) electrons. The molecule has 8 heteroatoms. The van der Waals surface area contributed by atoms with Crippen LogP contribution < -0.4 is 5.32 Å². The molecule has 0 aromatic heterocycles. The van der Waals surface area contributed by atoms with Crippen molar-refractivity contribution in [3.05, 3.63) is 27.7 Å². The van der Waals surface area contributed by atoms with Gasteiger partial charge in [0.2, 0.25) is 0 Å². The van der Waals surface area contributed by atoms with Crippen LogP contribution in [-0.2, 0) is 9.05 Å². The van der Waals surface area contributed by atoms with Gasteiger partial charge in [0.05, 0.1) is 10.6 Å². The van der Waals surface area contributed by atoms with Crippen molar-refractivity contribution in [1.82, 2.24) is 5.32 Å². The predicted molar refractivity (Wildman–Crippen MR) is 74.5 cm³/mol. The van der Waals surface area contributed by atoms with Crippen LogP contribution in [0.15, 0.2) is 17.0 Å². The third-order valence-corrected chi connectivity index (χ3v) is 5.02. The molecule has 1 aliphatic carbocycles. The number of carbonyl (C=O) groups excluding carboxylic acids is 1. The van der Waals surface area contributed by atoms with Gasteiger partial charge in [-0.3, -0.25) is 4.79 Å². The monoisotopic (exact) mass is 341 g/mol. The van der Waals surface area contributed by atoms with Gasteiger partial charge >= 0.3 is 0 Å². The molecule has 0 heterocycles. The van der Waals surface area contributed by atoms with Gasteiger partial charge in [0.1, 0.15) is 4.90 Å². The van der Waals surface area contributed by atoms with E-state index < -0.39 is 15.0 Å². The predicted octanol–water partition coefficient (Wildman–Crippen LogP) is 3.06. The van der Waals surface area contributed by atoms with Crippen LogP contribution in [0.1, 0.15) is 23.7 Å². The summed E-state index contributed by atoms with van der Waals surface area (Å²) in [6.45, 7) is 2.00. The Labute approximate surface area is 125 Å². The fourth-order valence-electron chi connectivity index (χ4n) is 1.68. The Bertz CT molecular complexity index is 645. The lowest BCUT2D eigenvalue weighted by Crippen LogP contribution is -2.27. The van der Waals surface area contributed by atoms with Crippen molar-refractivity contribution >= 4 is 48.8 Å².